The highest BCUT2D eigenvalue weighted by Gasteiger charge is 2.33. The zero-order valence-corrected chi connectivity index (χ0v) is 19.0. The second kappa shape index (κ2) is 10.0. The summed E-state index contributed by atoms with van der Waals surface area (Å²) in [7, 11) is -2.40. The van der Waals surface area contributed by atoms with Gasteiger partial charge in [-0.1, -0.05) is 12.1 Å². The largest absolute Gasteiger partial charge is 0.497 e. The molecule has 11 heteroatoms. The Hall–Kier alpha value is -3.73. The number of para-hydroxylation sites is 1. The molecule has 0 heterocycles. The molecule has 0 radical (unpaired) electrons. The zero-order valence-electron chi connectivity index (χ0n) is 18.1. The summed E-state index contributed by atoms with van der Waals surface area (Å²) >= 11 is 0. The lowest BCUT2D eigenvalue weighted by Gasteiger charge is -2.15. The summed E-state index contributed by atoms with van der Waals surface area (Å²) < 4.78 is 77.4. The Labute approximate surface area is 194 Å². The standard InChI is InChI=1S/C23H21F3N2O5S/c1-15-13-18(34(30,31)28-16-7-9-17(32-2)10-8-16)11-12-21(15)33-14-22(29)27-20-6-4-3-5-19(20)23(24,25)26/h3-13,28H,14H2,1-2H3,(H,27,29). The molecule has 0 aromatic heterocycles. The third kappa shape index (κ3) is 6.19. The monoisotopic (exact) mass is 494 g/mol. The van der Waals surface area contributed by atoms with Crippen LogP contribution in [-0.4, -0.2) is 28.0 Å². The van der Waals surface area contributed by atoms with Crippen LogP contribution in [-0.2, 0) is 21.0 Å². The van der Waals surface area contributed by atoms with Crippen LogP contribution >= 0.6 is 0 Å². The number of carbonyl (C=O) groups is 1. The van der Waals surface area contributed by atoms with Gasteiger partial charge < -0.3 is 14.8 Å². The van der Waals surface area contributed by atoms with E-state index in [-0.39, 0.29) is 16.3 Å². The molecule has 0 saturated heterocycles. The van der Waals surface area contributed by atoms with E-state index in [0.29, 0.717) is 17.0 Å². The molecule has 180 valence electrons. The zero-order chi connectivity index (χ0) is 24.9. The quantitative estimate of drug-likeness (QED) is 0.468. The lowest BCUT2D eigenvalue weighted by Crippen LogP contribution is -2.22. The van der Waals surface area contributed by atoms with Crippen molar-refractivity contribution in [3.63, 3.8) is 0 Å². The smallest absolute Gasteiger partial charge is 0.418 e. The first kappa shape index (κ1) is 24.9. The van der Waals surface area contributed by atoms with E-state index in [9.17, 15) is 26.4 Å². The Morgan fingerprint density at radius 2 is 1.68 bits per heavy atom. The number of alkyl halides is 3. The number of aryl methyl sites for hydroxylation is 1. The van der Waals surface area contributed by atoms with Crippen molar-refractivity contribution in [2.75, 3.05) is 23.8 Å². The number of carbonyl (C=O) groups excluding carboxylic acids is 1. The lowest BCUT2D eigenvalue weighted by molar-refractivity contribution is -0.137. The van der Waals surface area contributed by atoms with Crippen molar-refractivity contribution in [2.45, 2.75) is 18.0 Å². The van der Waals surface area contributed by atoms with E-state index in [1.807, 2.05) is 0 Å². The van der Waals surface area contributed by atoms with E-state index in [1.54, 1.807) is 31.2 Å². The topological polar surface area (TPSA) is 93.7 Å². The predicted octanol–water partition coefficient (Wildman–Crippen LogP) is 4.84. The minimum Gasteiger partial charge on any atom is -0.497 e. The second-order valence-electron chi connectivity index (χ2n) is 7.14. The van der Waals surface area contributed by atoms with E-state index < -0.39 is 34.3 Å². The number of hydrogen-bond donors (Lipinski definition) is 2. The van der Waals surface area contributed by atoms with E-state index in [2.05, 4.69) is 10.0 Å². The minimum absolute atomic E-state index is 0.0308. The molecule has 2 N–H and O–H groups in total. The van der Waals surface area contributed by atoms with Crippen molar-refractivity contribution in [1.29, 1.82) is 0 Å². The Morgan fingerprint density at radius 3 is 2.29 bits per heavy atom. The highest BCUT2D eigenvalue weighted by Crippen LogP contribution is 2.34. The van der Waals surface area contributed by atoms with Gasteiger partial charge in [0.05, 0.1) is 23.3 Å². The number of nitrogens with one attached hydrogen (secondary N) is 2. The van der Waals surface area contributed by atoms with Crippen LogP contribution in [0.1, 0.15) is 11.1 Å². The summed E-state index contributed by atoms with van der Waals surface area (Å²) in [5.74, 6) is -0.0113. The van der Waals surface area contributed by atoms with Gasteiger partial charge in [0.15, 0.2) is 6.61 Å². The fraction of sp³-hybridized carbons (Fsp3) is 0.174. The number of amides is 1. The van der Waals surface area contributed by atoms with Crippen molar-refractivity contribution in [2.24, 2.45) is 0 Å². The molecular weight excluding hydrogens is 473 g/mol. The van der Waals surface area contributed by atoms with Crippen LogP contribution in [0.15, 0.2) is 71.6 Å². The van der Waals surface area contributed by atoms with Crippen LogP contribution in [0.4, 0.5) is 24.5 Å². The van der Waals surface area contributed by atoms with Gasteiger partial charge in [0.25, 0.3) is 15.9 Å². The van der Waals surface area contributed by atoms with Crippen LogP contribution in [0.25, 0.3) is 0 Å². The maximum absolute atomic E-state index is 13.1. The number of rotatable bonds is 8. The molecule has 3 rings (SSSR count). The summed E-state index contributed by atoms with van der Waals surface area (Å²) in [6.07, 6.45) is -4.62. The third-order valence-electron chi connectivity index (χ3n) is 4.66. The van der Waals surface area contributed by atoms with Gasteiger partial charge in [-0.2, -0.15) is 13.2 Å². The van der Waals surface area contributed by atoms with Crippen molar-refractivity contribution < 1.29 is 35.9 Å². The third-order valence-corrected chi connectivity index (χ3v) is 6.04. The van der Waals surface area contributed by atoms with Gasteiger partial charge >= 0.3 is 6.18 Å². The lowest BCUT2D eigenvalue weighted by atomic mass is 10.1. The highest BCUT2D eigenvalue weighted by molar-refractivity contribution is 7.92. The second-order valence-corrected chi connectivity index (χ2v) is 8.82. The average molecular weight is 494 g/mol. The Balaban J connectivity index is 1.66. The van der Waals surface area contributed by atoms with Crippen molar-refractivity contribution >= 4 is 27.3 Å². The van der Waals surface area contributed by atoms with E-state index in [4.69, 9.17) is 9.47 Å². The number of halogens is 3. The Kier molecular flexibility index (Phi) is 7.35. The molecule has 3 aromatic carbocycles. The molecule has 7 nitrogen and oxygen atoms in total. The van der Waals surface area contributed by atoms with Crippen LogP contribution in [0.5, 0.6) is 11.5 Å². The van der Waals surface area contributed by atoms with E-state index in [0.717, 1.165) is 12.1 Å². The van der Waals surface area contributed by atoms with E-state index in [1.165, 1.54) is 37.4 Å². The fourth-order valence-electron chi connectivity index (χ4n) is 2.99. The summed E-state index contributed by atoms with van der Waals surface area (Å²) in [6, 6.07) is 14.9. The Bertz CT molecular complexity index is 1280. The molecule has 1 amide bonds. The van der Waals surface area contributed by atoms with Crippen LogP contribution in [0, 0.1) is 6.92 Å². The van der Waals surface area contributed by atoms with Gasteiger partial charge in [-0.25, -0.2) is 8.42 Å². The number of sulfonamides is 1. The Morgan fingerprint density at radius 1 is 1.00 bits per heavy atom. The number of benzene rings is 3. The molecule has 0 fully saturated rings. The van der Waals surface area contributed by atoms with Gasteiger partial charge in [0, 0.05) is 5.69 Å². The minimum atomic E-state index is -4.62. The number of anilines is 2. The SMILES string of the molecule is COc1ccc(NS(=O)(=O)c2ccc(OCC(=O)Nc3ccccc3C(F)(F)F)c(C)c2)cc1. The van der Waals surface area contributed by atoms with Crippen molar-refractivity contribution in [3.8, 4) is 11.5 Å². The summed E-state index contributed by atoms with van der Waals surface area (Å²) in [5.41, 5.74) is -0.597. The molecule has 0 aliphatic heterocycles. The van der Waals surface area contributed by atoms with Gasteiger partial charge in [0.2, 0.25) is 0 Å². The summed E-state index contributed by atoms with van der Waals surface area (Å²) in [5, 5.41) is 2.18. The van der Waals surface area contributed by atoms with Crippen LogP contribution < -0.4 is 19.5 Å². The normalized spacial score (nSPS) is 11.6. The molecule has 0 aliphatic carbocycles. The number of hydrogen-bond acceptors (Lipinski definition) is 5. The first-order valence-electron chi connectivity index (χ1n) is 9.86. The van der Waals surface area contributed by atoms with Gasteiger partial charge in [0.1, 0.15) is 11.5 Å². The van der Waals surface area contributed by atoms with E-state index >= 15 is 0 Å². The first-order valence-corrected chi connectivity index (χ1v) is 11.3. The predicted molar refractivity (Wildman–Crippen MR) is 121 cm³/mol. The number of ether oxygens (including phenoxy) is 2. The van der Waals surface area contributed by atoms with Crippen molar-refractivity contribution in [3.05, 3.63) is 77.9 Å². The summed E-state index contributed by atoms with van der Waals surface area (Å²) in [4.78, 5) is 12.1. The molecule has 0 saturated carbocycles. The first-order chi connectivity index (χ1) is 16.0. The molecule has 0 bridgehead atoms. The van der Waals surface area contributed by atoms with Gasteiger partial charge in [-0.05, 0) is 67.1 Å². The molecule has 3 aromatic rings. The van der Waals surface area contributed by atoms with Gasteiger partial charge in [-0.3, -0.25) is 9.52 Å². The maximum atomic E-state index is 13.1. The molecule has 0 spiro atoms. The molecule has 0 atom stereocenters. The highest BCUT2D eigenvalue weighted by atomic mass is 32.2. The fourth-order valence-corrected chi connectivity index (χ4v) is 4.14. The molecule has 34 heavy (non-hydrogen) atoms. The average Bonchev–Trinajstić information content (AvgIpc) is 2.78. The maximum Gasteiger partial charge on any atom is 0.418 e. The number of methoxy groups -OCH3 is 1. The van der Waals surface area contributed by atoms with Crippen molar-refractivity contribution in [1.82, 2.24) is 0 Å². The molecule has 0 unspecified atom stereocenters. The van der Waals surface area contributed by atoms with Crippen LogP contribution in [0.3, 0.4) is 0 Å². The summed E-state index contributed by atoms with van der Waals surface area (Å²) in [6.45, 7) is 1.02. The molecule has 0 aliphatic rings. The molecular formula is C23H21F3N2O5S. The van der Waals surface area contributed by atoms with Gasteiger partial charge in [-0.15, -0.1) is 0 Å². The van der Waals surface area contributed by atoms with Crippen LogP contribution in [0.2, 0.25) is 0 Å².